The number of hydrogen-bond donors (Lipinski definition) is 1. The number of hydrogen-bond acceptors (Lipinski definition) is 2. The number of nitrogens with one attached hydrogen (secondary N) is 1. The maximum Gasteiger partial charge on any atom is 0.0134 e. The summed E-state index contributed by atoms with van der Waals surface area (Å²) in [7, 11) is 0. The van der Waals surface area contributed by atoms with Crippen LogP contribution in [0.5, 0.6) is 0 Å². The highest BCUT2D eigenvalue weighted by molar-refractivity contribution is 4.74. The Labute approximate surface area is 56.2 Å². The molecule has 3 heterocycles. The molecule has 2 nitrogen and oxygen atoms in total. The molecular formula is C7H14N2. The summed E-state index contributed by atoms with van der Waals surface area (Å²) in [6.45, 7) is 3.79. The molecule has 52 valence electrons. The Hall–Kier alpha value is -0.0800. The third-order valence-electron chi connectivity index (χ3n) is 2.45. The molecule has 2 heteroatoms. The smallest absolute Gasteiger partial charge is 0.0134 e. The third-order valence-corrected chi connectivity index (χ3v) is 2.45. The summed E-state index contributed by atoms with van der Waals surface area (Å²) in [6, 6.07) is 0. The second-order valence-electron chi connectivity index (χ2n) is 3.15. The van der Waals surface area contributed by atoms with E-state index in [1.165, 1.54) is 38.9 Å². The van der Waals surface area contributed by atoms with Gasteiger partial charge in [0, 0.05) is 19.6 Å². The molecule has 0 radical (unpaired) electrons. The number of rotatable bonds is 0. The van der Waals surface area contributed by atoms with Crippen molar-refractivity contribution in [1.29, 1.82) is 0 Å². The molecule has 3 aliphatic heterocycles. The van der Waals surface area contributed by atoms with E-state index in [0.29, 0.717) is 0 Å². The van der Waals surface area contributed by atoms with Crippen LogP contribution < -0.4 is 5.43 Å². The molecule has 0 spiro atoms. The van der Waals surface area contributed by atoms with Crippen molar-refractivity contribution in [1.82, 2.24) is 10.4 Å². The lowest BCUT2D eigenvalue weighted by atomic mass is 10.0. The maximum absolute atomic E-state index is 3.41. The van der Waals surface area contributed by atoms with Crippen molar-refractivity contribution in [3.05, 3.63) is 0 Å². The van der Waals surface area contributed by atoms with E-state index in [4.69, 9.17) is 0 Å². The first-order valence-electron chi connectivity index (χ1n) is 3.93. The molecule has 9 heavy (non-hydrogen) atoms. The Morgan fingerprint density at radius 2 is 2.22 bits per heavy atom. The predicted octanol–water partition coefficient (Wildman–Crippen LogP) is 0.607. The van der Waals surface area contributed by atoms with E-state index in [1.807, 2.05) is 0 Å². The molecule has 0 aromatic heterocycles. The van der Waals surface area contributed by atoms with E-state index >= 15 is 0 Å². The summed E-state index contributed by atoms with van der Waals surface area (Å²) in [6.07, 6.45) is 4.27. The highest BCUT2D eigenvalue weighted by atomic mass is 15.5. The second kappa shape index (κ2) is 2.27. The number of hydrazine groups is 1. The highest BCUT2D eigenvalue weighted by Gasteiger charge is 2.21. The predicted molar refractivity (Wildman–Crippen MR) is 36.9 cm³/mol. The van der Waals surface area contributed by atoms with Gasteiger partial charge in [0.05, 0.1) is 0 Å². The van der Waals surface area contributed by atoms with Gasteiger partial charge in [-0.15, -0.1) is 0 Å². The van der Waals surface area contributed by atoms with Crippen LogP contribution >= 0.6 is 0 Å². The van der Waals surface area contributed by atoms with Crippen molar-refractivity contribution in [3.8, 4) is 0 Å². The second-order valence-corrected chi connectivity index (χ2v) is 3.15. The zero-order valence-electron chi connectivity index (χ0n) is 5.77. The molecule has 0 aromatic rings. The molecule has 1 N–H and O–H groups in total. The first-order chi connectivity index (χ1) is 4.45. The zero-order chi connectivity index (χ0) is 6.10. The molecular weight excluding hydrogens is 112 g/mol. The van der Waals surface area contributed by atoms with Crippen LogP contribution in [0.2, 0.25) is 0 Å². The van der Waals surface area contributed by atoms with Crippen molar-refractivity contribution in [2.24, 2.45) is 5.92 Å². The van der Waals surface area contributed by atoms with Gasteiger partial charge in [0.15, 0.2) is 0 Å². The molecule has 0 amide bonds. The lowest BCUT2D eigenvalue weighted by Crippen LogP contribution is -2.44. The van der Waals surface area contributed by atoms with Gasteiger partial charge in [0.25, 0.3) is 0 Å². The minimum absolute atomic E-state index is 0.990. The van der Waals surface area contributed by atoms with Gasteiger partial charge in [-0.25, -0.2) is 5.01 Å². The fourth-order valence-corrected chi connectivity index (χ4v) is 1.79. The van der Waals surface area contributed by atoms with Gasteiger partial charge in [-0.2, -0.15) is 0 Å². The monoisotopic (exact) mass is 126 g/mol. The standard InChI is InChI=1S/C7H14N2/c1-2-7-3-5-9(4-1)8-6-7/h7-8H,1-6H2. The van der Waals surface area contributed by atoms with E-state index in [1.54, 1.807) is 0 Å². The van der Waals surface area contributed by atoms with Crippen LogP contribution in [0.15, 0.2) is 0 Å². The zero-order valence-corrected chi connectivity index (χ0v) is 5.77. The largest absolute Gasteiger partial charge is 0.255 e. The van der Waals surface area contributed by atoms with E-state index in [-0.39, 0.29) is 0 Å². The quantitative estimate of drug-likeness (QED) is 0.511. The van der Waals surface area contributed by atoms with Gasteiger partial charge < -0.3 is 0 Å². The summed E-state index contributed by atoms with van der Waals surface area (Å²) < 4.78 is 0. The van der Waals surface area contributed by atoms with Crippen molar-refractivity contribution < 1.29 is 0 Å². The molecule has 3 aliphatic rings. The summed E-state index contributed by atoms with van der Waals surface area (Å²) >= 11 is 0. The summed E-state index contributed by atoms with van der Waals surface area (Å²) in [5.74, 6) is 0.990. The Balaban J connectivity index is 2.03. The molecule has 0 aromatic carbocycles. The van der Waals surface area contributed by atoms with Crippen LogP contribution in [0, 0.1) is 5.92 Å². The van der Waals surface area contributed by atoms with Crippen molar-refractivity contribution in [2.75, 3.05) is 19.6 Å². The van der Waals surface area contributed by atoms with Gasteiger partial charge in [-0.3, -0.25) is 5.43 Å². The first kappa shape index (κ1) is 5.69. The van der Waals surface area contributed by atoms with Gasteiger partial charge in [0.1, 0.15) is 0 Å². The van der Waals surface area contributed by atoms with Crippen LogP contribution in [0.4, 0.5) is 0 Å². The SMILES string of the molecule is C1CC2CCN(C1)NC2. The van der Waals surface area contributed by atoms with Gasteiger partial charge in [0.2, 0.25) is 0 Å². The van der Waals surface area contributed by atoms with Crippen LogP contribution in [0.3, 0.4) is 0 Å². The number of fused-ring (bicyclic) bond motifs is 4. The number of nitrogens with zero attached hydrogens (tertiary/aromatic N) is 1. The minimum atomic E-state index is 0.990. The molecule has 3 fully saturated rings. The summed E-state index contributed by atoms with van der Waals surface area (Å²) in [4.78, 5) is 0. The molecule has 2 unspecified atom stereocenters. The minimum Gasteiger partial charge on any atom is -0.255 e. The first-order valence-corrected chi connectivity index (χ1v) is 3.93. The molecule has 3 saturated heterocycles. The molecule has 2 atom stereocenters. The Morgan fingerprint density at radius 3 is 3.00 bits per heavy atom. The maximum atomic E-state index is 3.41. The Bertz CT molecular complexity index is 77.6. The fourth-order valence-electron chi connectivity index (χ4n) is 1.79. The summed E-state index contributed by atoms with van der Waals surface area (Å²) in [5, 5.41) is 2.36. The molecule has 2 bridgehead atoms. The molecule has 0 aliphatic carbocycles. The van der Waals surface area contributed by atoms with E-state index < -0.39 is 0 Å². The highest BCUT2D eigenvalue weighted by Crippen LogP contribution is 2.19. The van der Waals surface area contributed by atoms with Crippen LogP contribution in [-0.2, 0) is 0 Å². The third kappa shape index (κ3) is 1.10. The van der Waals surface area contributed by atoms with Crippen LogP contribution in [-0.4, -0.2) is 24.6 Å². The molecule has 3 rings (SSSR count). The van der Waals surface area contributed by atoms with Gasteiger partial charge >= 0.3 is 0 Å². The summed E-state index contributed by atoms with van der Waals surface area (Å²) in [5.41, 5.74) is 3.41. The van der Waals surface area contributed by atoms with Crippen molar-refractivity contribution in [2.45, 2.75) is 19.3 Å². The van der Waals surface area contributed by atoms with Crippen molar-refractivity contribution >= 4 is 0 Å². The average molecular weight is 126 g/mol. The van der Waals surface area contributed by atoms with Crippen LogP contribution in [0.1, 0.15) is 19.3 Å². The van der Waals surface area contributed by atoms with Crippen molar-refractivity contribution in [3.63, 3.8) is 0 Å². The van der Waals surface area contributed by atoms with Crippen LogP contribution in [0.25, 0.3) is 0 Å². The topological polar surface area (TPSA) is 15.3 Å². The lowest BCUT2D eigenvalue weighted by molar-refractivity contribution is 0.152. The Kier molecular flexibility index (Phi) is 1.44. The van der Waals surface area contributed by atoms with Gasteiger partial charge in [-0.1, -0.05) is 0 Å². The average Bonchev–Trinajstić information content (AvgIpc) is 2.21. The normalized spacial score (nSPS) is 42.7. The lowest BCUT2D eigenvalue weighted by Gasteiger charge is -2.27. The molecule has 0 saturated carbocycles. The van der Waals surface area contributed by atoms with E-state index in [9.17, 15) is 0 Å². The van der Waals surface area contributed by atoms with E-state index in [0.717, 1.165) is 5.92 Å². The fraction of sp³-hybridized carbons (Fsp3) is 1.00. The van der Waals surface area contributed by atoms with E-state index in [2.05, 4.69) is 10.4 Å². The van der Waals surface area contributed by atoms with Gasteiger partial charge in [-0.05, 0) is 25.2 Å². The Morgan fingerprint density at radius 1 is 1.22 bits per heavy atom.